The Morgan fingerprint density at radius 1 is 0.972 bits per heavy atom. The van der Waals surface area contributed by atoms with Crippen molar-refractivity contribution in [3.63, 3.8) is 0 Å². The zero-order valence-electron chi connectivity index (χ0n) is 22.1. The summed E-state index contributed by atoms with van der Waals surface area (Å²) in [6, 6.07) is 17.7. The Balaban J connectivity index is 1.52. The van der Waals surface area contributed by atoms with Crippen LogP contribution in [0, 0.1) is 0 Å². The molecule has 2 fully saturated rings. The lowest BCUT2D eigenvalue weighted by molar-refractivity contribution is -0.137. The second-order valence-corrected chi connectivity index (χ2v) is 11.3. The number of para-hydroxylation sites is 1. The lowest BCUT2D eigenvalue weighted by Crippen LogP contribution is -2.57. The summed E-state index contributed by atoms with van der Waals surface area (Å²) in [5.74, 6) is -0.197. The van der Waals surface area contributed by atoms with Crippen LogP contribution in [0.25, 0.3) is 0 Å². The molecule has 0 atom stereocenters. The van der Waals surface area contributed by atoms with Crippen LogP contribution < -0.4 is 10.2 Å². The topological polar surface area (TPSA) is 73.0 Å². The molecule has 2 aliphatic rings. The number of carbonyl (C=O) groups excluding carboxylic acids is 3. The molecule has 0 radical (unpaired) electrons. The molecule has 1 N–H and O–H groups in total. The Bertz CT molecular complexity index is 1100. The van der Waals surface area contributed by atoms with Gasteiger partial charge in [-0.3, -0.25) is 14.4 Å². The summed E-state index contributed by atoms with van der Waals surface area (Å²) in [7, 11) is 0. The summed E-state index contributed by atoms with van der Waals surface area (Å²) in [6.45, 7) is 11.6. The van der Waals surface area contributed by atoms with Crippen LogP contribution in [0.5, 0.6) is 0 Å². The number of benzene rings is 2. The molecule has 1 spiro atoms. The van der Waals surface area contributed by atoms with E-state index in [0.717, 1.165) is 5.69 Å². The third-order valence-corrected chi connectivity index (χ3v) is 7.24. The molecular formula is C29H38N4O3. The number of likely N-dealkylation sites (tertiary alicyclic amines) is 1. The minimum atomic E-state index is -0.758. The van der Waals surface area contributed by atoms with Crippen LogP contribution in [0.4, 0.5) is 5.69 Å². The number of nitrogens with one attached hydrogen (secondary N) is 1. The van der Waals surface area contributed by atoms with E-state index >= 15 is 0 Å². The van der Waals surface area contributed by atoms with Gasteiger partial charge in [-0.2, -0.15) is 0 Å². The molecule has 2 aromatic rings. The van der Waals surface area contributed by atoms with E-state index in [9.17, 15) is 14.4 Å². The predicted molar refractivity (Wildman–Crippen MR) is 142 cm³/mol. The number of anilines is 1. The average molecular weight is 491 g/mol. The van der Waals surface area contributed by atoms with Crippen molar-refractivity contribution in [2.75, 3.05) is 31.2 Å². The van der Waals surface area contributed by atoms with Crippen molar-refractivity contribution < 1.29 is 14.4 Å². The highest BCUT2D eigenvalue weighted by atomic mass is 16.2. The van der Waals surface area contributed by atoms with E-state index in [1.54, 1.807) is 4.90 Å². The van der Waals surface area contributed by atoms with Gasteiger partial charge in [0.15, 0.2) is 0 Å². The van der Waals surface area contributed by atoms with Gasteiger partial charge < -0.3 is 20.0 Å². The monoisotopic (exact) mass is 490 g/mol. The second-order valence-electron chi connectivity index (χ2n) is 11.3. The molecule has 0 aromatic heterocycles. The number of rotatable bonds is 5. The number of nitrogens with zero attached hydrogens (tertiary/aromatic N) is 3. The Hall–Kier alpha value is -3.35. The van der Waals surface area contributed by atoms with Crippen LogP contribution in [-0.4, -0.2) is 65.4 Å². The third-order valence-electron chi connectivity index (χ3n) is 7.24. The number of amides is 3. The van der Waals surface area contributed by atoms with Gasteiger partial charge in [-0.1, -0.05) is 51.1 Å². The molecule has 36 heavy (non-hydrogen) atoms. The van der Waals surface area contributed by atoms with E-state index in [1.165, 1.54) is 5.56 Å². The van der Waals surface area contributed by atoms with Gasteiger partial charge in [-0.15, -0.1) is 0 Å². The smallest absolute Gasteiger partial charge is 0.253 e. The Labute approximate surface area is 214 Å². The maximum Gasteiger partial charge on any atom is 0.253 e. The molecule has 0 aliphatic carbocycles. The minimum absolute atomic E-state index is 0.00446. The van der Waals surface area contributed by atoms with E-state index in [0.29, 0.717) is 38.2 Å². The first kappa shape index (κ1) is 25.7. The maximum atomic E-state index is 13.8. The third kappa shape index (κ3) is 5.11. The normalized spacial score (nSPS) is 17.7. The molecule has 2 aromatic carbocycles. The highest BCUT2D eigenvalue weighted by molar-refractivity contribution is 5.97. The lowest BCUT2D eigenvalue weighted by Gasteiger charge is -2.43. The van der Waals surface area contributed by atoms with E-state index in [-0.39, 0.29) is 35.7 Å². The molecule has 2 heterocycles. The van der Waals surface area contributed by atoms with Crippen molar-refractivity contribution in [2.24, 2.45) is 0 Å². The van der Waals surface area contributed by atoms with Crippen LogP contribution in [0.1, 0.15) is 63.4 Å². The van der Waals surface area contributed by atoms with E-state index in [2.05, 4.69) is 31.0 Å². The summed E-state index contributed by atoms with van der Waals surface area (Å²) in [6.07, 6.45) is 1.05. The molecule has 0 saturated carbocycles. The fourth-order valence-electron chi connectivity index (χ4n) is 5.24. The van der Waals surface area contributed by atoms with Crippen molar-refractivity contribution >= 4 is 23.4 Å². The van der Waals surface area contributed by atoms with E-state index in [1.807, 2.05) is 73.3 Å². The number of carbonyl (C=O) groups is 3. The summed E-state index contributed by atoms with van der Waals surface area (Å²) in [4.78, 5) is 45.1. The largest absolute Gasteiger partial charge is 0.352 e. The summed E-state index contributed by atoms with van der Waals surface area (Å²) in [5.41, 5.74) is 2.08. The molecule has 0 bridgehead atoms. The minimum Gasteiger partial charge on any atom is -0.352 e. The zero-order chi connectivity index (χ0) is 26.1. The maximum absolute atomic E-state index is 13.8. The summed E-state index contributed by atoms with van der Waals surface area (Å²) >= 11 is 0. The number of hydrogen-bond acceptors (Lipinski definition) is 4. The standard InChI is InChI=1S/C29H38N4O3/c1-21(2)30-25(34)19-32-20-33(24-9-7-6-8-10-24)29(27(32)36)15-17-31(18-16-29)26(35)22-11-13-23(14-12-22)28(3,4)5/h6-14,21H,15-20H2,1-5H3,(H,30,34). The van der Waals surface area contributed by atoms with Crippen LogP contribution in [-0.2, 0) is 15.0 Å². The van der Waals surface area contributed by atoms with Gasteiger partial charge in [0.25, 0.3) is 11.8 Å². The Morgan fingerprint density at radius 3 is 2.14 bits per heavy atom. The molecule has 3 amide bonds. The van der Waals surface area contributed by atoms with Crippen LogP contribution >= 0.6 is 0 Å². The molecule has 7 heteroatoms. The van der Waals surface area contributed by atoms with Gasteiger partial charge in [0, 0.05) is 30.4 Å². The van der Waals surface area contributed by atoms with Gasteiger partial charge in [-0.25, -0.2) is 0 Å². The lowest BCUT2D eigenvalue weighted by atomic mass is 9.84. The van der Waals surface area contributed by atoms with Gasteiger partial charge in [0.05, 0.1) is 6.67 Å². The Kier molecular flexibility index (Phi) is 7.12. The van der Waals surface area contributed by atoms with Gasteiger partial charge in [0.2, 0.25) is 5.91 Å². The highest BCUT2D eigenvalue weighted by Gasteiger charge is 2.54. The van der Waals surface area contributed by atoms with E-state index < -0.39 is 5.54 Å². The summed E-state index contributed by atoms with van der Waals surface area (Å²) < 4.78 is 0. The first-order chi connectivity index (χ1) is 17.0. The Morgan fingerprint density at radius 2 is 1.58 bits per heavy atom. The SMILES string of the molecule is CC(C)NC(=O)CN1CN(c2ccccc2)C2(CCN(C(=O)c3ccc(C(C)(C)C)cc3)CC2)C1=O. The average Bonchev–Trinajstić information content (AvgIpc) is 3.09. The molecule has 192 valence electrons. The van der Waals surface area contributed by atoms with Crippen molar-refractivity contribution in [1.29, 1.82) is 0 Å². The summed E-state index contributed by atoms with van der Waals surface area (Å²) in [5, 5.41) is 2.89. The van der Waals surface area contributed by atoms with Crippen LogP contribution in [0.2, 0.25) is 0 Å². The number of piperidine rings is 1. The van der Waals surface area contributed by atoms with Crippen molar-refractivity contribution in [2.45, 2.75) is 64.5 Å². The highest BCUT2D eigenvalue weighted by Crippen LogP contribution is 2.39. The van der Waals surface area contributed by atoms with Crippen molar-refractivity contribution in [3.8, 4) is 0 Å². The fraction of sp³-hybridized carbons (Fsp3) is 0.483. The second kappa shape index (κ2) is 9.96. The van der Waals surface area contributed by atoms with Gasteiger partial charge in [0.1, 0.15) is 12.1 Å². The van der Waals surface area contributed by atoms with Gasteiger partial charge in [-0.05, 0) is 61.9 Å². The van der Waals surface area contributed by atoms with Crippen molar-refractivity contribution in [3.05, 3.63) is 65.7 Å². The number of hydrogen-bond donors (Lipinski definition) is 1. The zero-order valence-corrected chi connectivity index (χ0v) is 22.1. The molecule has 2 saturated heterocycles. The van der Waals surface area contributed by atoms with Crippen LogP contribution in [0.3, 0.4) is 0 Å². The molecule has 0 unspecified atom stereocenters. The molecule has 4 rings (SSSR count). The fourth-order valence-corrected chi connectivity index (χ4v) is 5.24. The first-order valence-electron chi connectivity index (χ1n) is 12.8. The molecule has 7 nitrogen and oxygen atoms in total. The quantitative estimate of drug-likeness (QED) is 0.692. The molecule has 2 aliphatic heterocycles. The predicted octanol–water partition coefficient (Wildman–Crippen LogP) is 3.79. The van der Waals surface area contributed by atoms with Crippen molar-refractivity contribution in [1.82, 2.24) is 15.1 Å². The first-order valence-corrected chi connectivity index (χ1v) is 12.8. The van der Waals surface area contributed by atoms with E-state index in [4.69, 9.17) is 0 Å². The molecular weight excluding hydrogens is 452 g/mol. The van der Waals surface area contributed by atoms with Crippen LogP contribution in [0.15, 0.2) is 54.6 Å². The van der Waals surface area contributed by atoms with Gasteiger partial charge >= 0.3 is 0 Å².